The van der Waals surface area contributed by atoms with Crippen molar-refractivity contribution in [3.63, 3.8) is 0 Å². The number of nitriles is 1. The Morgan fingerprint density at radius 1 is 1.65 bits per heavy atom. The van der Waals surface area contributed by atoms with Crippen LogP contribution in [0.5, 0.6) is 11.5 Å². The molecule has 0 heterocycles. The van der Waals surface area contributed by atoms with E-state index in [0.717, 1.165) is 0 Å². The second-order valence-corrected chi connectivity index (χ2v) is 3.85. The zero-order valence-electron chi connectivity index (χ0n) is 11.1. The number of phenols is 1. The molecule has 0 saturated heterocycles. The molecule has 2 N–H and O–H groups in total. The van der Waals surface area contributed by atoms with Crippen molar-refractivity contribution >= 4 is 12.1 Å². The maximum Gasteiger partial charge on any atom is 0.254 e. The molecule has 104 valence electrons. The van der Waals surface area contributed by atoms with Crippen LogP contribution in [0.4, 0.5) is 0 Å². The van der Waals surface area contributed by atoms with Gasteiger partial charge in [-0.3, -0.25) is 4.79 Å². The number of amides is 1. The third-order valence-electron chi connectivity index (χ3n) is 2.40. The molecular weight excluding hydrogens is 258 g/mol. The molecule has 0 unspecified atom stereocenters. The molecule has 1 aromatic carbocycles. The van der Waals surface area contributed by atoms with Gasteiger partial charge in [-0.25, -0.2) is 5.43 Å². The van der Waals surface area contributed by atoms with Crippen molar-refractivity contribution in [3.8, 4) is 17.6 Å². The molecule has 0 aliphatic heterocycles. The fourth-order valence-electron chi connectivity index (χ4n) is 1.52. The number of hydrogen-bond acceptors (Lipinski definition) is 5. The molecule has 6 nitrogen and oxygen atoms in total. The molecule has 1 aromatic rings. The minimum Gasteiger partial charge on any atom is -0.504 e. The van der Waals surface area contributed by atoms with E-state index in [4.69, 9.17) is 10.00 Å². The van der Waals surface area contributed by atoms with E-state index in [1.807, 2.05) is 0 Å². The Kier molecular flexibility index (Phi) is 5.78. The highest BCUT2D eigenvalue weighted by Crippen LogP contribution is 2.31. The number of allylic oxidation sites excluding steroid dienone is 1. The van der Waals surface area contributed by atoms with Crippen LogP contribution in [0.1, 0.15) is 17.5 Å². The van der Waals surface area contributed by atoms with Gasteiger partial charge >= 0.3 is 0 Å². The first-order chi connectivity index (χ1) is 9.62. The lowest BCUT2D eigenvalue weighted by Crippen LogP contribution is -2.16. The van der Waals surface area contributed by atoms with Gasteiger partial charge in [0, 0.05) is 5.56 Å². The molecule has 0 aliphatic carbocycles. The Labute approximate surface area is 117 Å². The van der Waals surface area contributed by atoms with Crippen LogP contribution in [0.15, 0.2) is 29.9 Å². The molecule has 1 amide bonds. The van der Waals surface area contributed by atoms with Gasteiger partial charge < -0.3 is 9.84 Å². The number of methoxy groups -OCH3 is 1. The summed E-state index contributed by atoms with van der Waals surface area (Å²) in [5.74, 6) is -0.118. The number of phenolic OH excluding ortho intramolecular Hbond substituents is 1. The number of nitrogens with zero attached hydrogens (tertiary/aromatic N) is 2. The van der Waals surface area contributed by atoms with Gasteiger partial charge in [-0.15, -0.1) is 6.58 Å². The summed E-state index contributed by atoms with van der Waals surface area (Å²) in [6.07, 6.45) is 3.29. The Hall–Kier alpha value is -2.81. The van der Waals surface area contributed by atoms with Crippen molar-refractivity contribution in [1.82, 2.24) is 5.43 Å². The Morgan fingerprint density at radius 2 is 2.40 bits per heavy atom. The summed E-state index contributed by atoms with van der Waals surface area (Å²) in [6.45, 7) is 3.61. The number of carbonyl (C=O) groups excluding carboxylic acids is 1. The number of aromatic hydroxyl groups is 1. The number of hydrogen-bond donors (Lipinski definition) is 2. The van der Waals surface area contributed by atoms with Crippen LogP contribution in [0, 0.1) is 11.3 Å². The highest BCUT2D eigenvalue weighted by molar-refractivity contribution is 5.84. The van der Waals surface area contributed by atoms with E-state index in [-0.39, 0.29) is 12.2 Å². The fraction of sp³-hybridized carbons (Fsp3) is 0.214. The normalized spacial score (nSPS) is 10.0. The number of ether oxygens (including phenoxy) is 1. The maximum atomic E-state index is 11.1. The van der Waals surface area contributed by atoms with Crippen LogP contribution >= 0.6 is 0 Å². The van der Waals surface area contributed by atoms with Crippen molar-refractivity contribution in [3.05, 3.63) is 35.9 Å². The molecule has 0 spiro atoms. The smallest absolute Gasteiger partial charge is 0.254 e. The number of rotatable bonds is 6. The van der Waals surface area contributed by atoms with E-state index >= 15 is 0 Å². The fourth-order valence-corrected chi connectivity index (χ4v) is 1.52. The second-order valence-electron chi connectivity index (χ2n) is 3.85. The van der Waals surface area contributed by atoms with Gasteiger partial charge in [-0.05, 0) is 24.1 Å². The molecule has 0 saturated carbocycles. The number of carbonyl (C=O) groups is 1. The molecular formula is C14H15N3O3. The van der Waals surface area contributed by atoms with E-state index in [2.05, 4.69) is 17.1 Å². The molecule has 0 aliphatic rings. The topological polar surface area (TPSA) is 94.7 Å². The summed E-state index contributed by atoms with van der Waals surface area (Å²) < 4.78 is 5.06. The van der Waals surface area contributed by atoms with Gasteiger partial charge in [-0.2, -0.15) is 10.4 Å². The quantitative estimate of drug-likeness (QED) is 0.466. The Morgan fingerprint density at radius 3 is 3.00 bits per heavy atom. The van der Waals surface area contributed by atoms with Crippen LogP contribution in [0.25, 0.3) is 0 Å². The van der Waals surface area contributed by atoms with Crippen LogP contribution in [0.3, 0.4) is 0 Å². The van der Waals surface area contributed by atoms with Crippen molar-refractivity contribution in [2.75, 3.05) is 7.11 Å². The van der Waals surface area contributed by atoms with Crippen molar-refractivity contribution in [1.29, 1.82) is 5.26 Å². The average molecular weight is 273 g/mol. The van der Waals surface area contributed by atoms with Gasteiger partial charge in [0.1, 0.15) is 6.42 Å². The van der Waals surface area contributed by atoms with Crippen LogP contribution < -0.4 is 10.2 Å². The summed E-state index contributed by atoms with van der Waals surface area (Å²) >= 11 is 0. The highest BCUT2D eigenvalue weighted by atomic mass is 16.5. The lowest BCUT2D eigenvalue weighted by atomic mass is 10.1. The zero-order chi connectivity index (χ0) is 15.0. The largest absolute Gasteiger partial charge is 0.504 e. The third kappa shape index (κ3) is 4.14. The minimum atomic E-state index is -0.485. The monoisotopic (exact) mass is 273 g/mol. The van der Waals surface area contributed by atoms with Crippen molar-refractivity contribution in [2.24, 2.45) is 5.10 Å². The predicted molar refractivity (Wildman–Crippen MR) is 74.5 cm³/mol. The second kappa shape index (κ2) is 7.59. The lowest BCUT2D eigenvalue weighted by molar-refractivity contribution is -0.120. The summed E-state index contributed by atoms with van der Waals surface area (Å²) in [4.78, 5) is 11.1. The SMILES string of the molecule is C=CCc1cc(C=NNC(=O)CC#N)cc(OC)c1O. The molecule has 20 heavy (non-hydrogen) atoms. The van der Waals surface area contributed by atoms with Gasteiger partial charge in [0.25, 0.3) is 5.91 Å². The molecule has 0 aromatic heterocycles. The first-order valence-electron chi connectivity index (χ1n) is 5.82. The van der Waals surface area contributed by atoms with Gasteiger partial charge in [-0.1, -0.05) is 6.08 Å². The van der Waals surface area contributed by atoms with Crippen LogP contribution in [0.2, 0.25) is 0 Å². The predicted octanol–water partition coefficient (Wildman–Crippen LogP) is 1.49. The molecule has 0 bridgehead atoms. The molecule has 0 atom stereocenters. The van der Waals surface area contributed by atoms with E-state index < -0.39 is 5.91 Å². The summed E-state index contributed by atoms with van der Waals surface area (Å²) in [5.41, 5.74) is 3.51. The molecule has 1 rings (SSSR count). The Bertz CT molecular complexity index is 574. The van der Waals surface area contributed by atoms with Crippen LogP contribution in [-0.4, -0.2) is 24.3 Å². The van der Waals surface area contributed by atoms with Gasteiger partial charge in [0.05, 0.1) is 19.4 Å². The van der Waals surface area contributed by atoms with Crippen molar-refractivity contribution < 1.29 is 14.6 Å². The van der Waals surface area contributed by atoms with Crippen molar-refractivity contribution in [2.45, 2.75) is 12.8 Å². The van der Waals surface area contributed by atoms with E-state index in [9.17, 15) is 9.90 Å². The maximum absolute atomic E-state index is 11.1. The number of benzene rings is 1. The zero-order valence-corrected chi connectivity index (χ0v) is 11.1. The molecule has 0 radical (unpaired) electrons. The number of nitrogens with one attached hydrogen (secondary N) is 1. The first kappa shape index (κ1) is 15.2. The van der Waals surface area contributed by atoms with Gasteiger partial charge in [0.2, 0.25) is 0 Å². The highest BCUT2D eigenvalue weighted by Gasteiger charge is 2.08. The summed E-state index contributed by atoms with van der Waals surface area (Å²) in [6, 6.07) is 5.01. The van der Waals surface area contributed by atoms with E-state index in [1.165, 1.54) is 13.3 Å². The molecule has 0 fully saturated rings. The van der Waals surface area contributed by atoms with Gasteiger partial charge in [0.15, 0.2) is 11.5 Å². The Balaban J connectivity index is 2.92. The third-order valence-corrected chi connectivity index (χ3v) is 2.40. The van der Waals surface area contributed by atoms with E-state index in [0.29, 0.717) is 23.3 Å². The number of hydrazone groups is 1. The average Bonchev–Trinajstić information content (AvgIpc) is 2.42. The minimum absolute atomic E-state index is 0.0538. The standard InChI is InChI=1S/C14H15N3O3/c1-3-4-11-7-10(8-12(20-2)14(11)19)9-16-17-13(18)5-6-15/h3,7-9,19H,1,4-5H2,2H3,(H,17,18). The first-order valence-corrected chi connectivity index (χ1v) is 5.82. The molecule has 6 heteroatoms. The lowest BCUT2D eigenvalue weighted by Gasteiger charge is -2.09. The van der Waals surface area contributed by atoms with E-state index in [1.54, 1.807) is 24.3 Å². The summed E-state index contributed by atoms with van der Waals surface area (Å²) in [5, 5.41) is 22.0. The van der Waals surface area contributed by atoms with Crippen LogP contribution in [-0.2, 0) is 11.2 Å². The summed E-state index contributed by atoms with van der Waals surface area (Å²) in [7, 11) is 1.45.